The molecule has 2 N–H and O–H groups in total. The van der Waals surface area contributed by atoms with Crippen LogP contribution in [0.1, 0.15) is 16.5 Å². The number of hydrogen-bond donors (Lipinski definition) is 1. The van der Waals surface area contributed by atoms with E-state index in [0.717, 1.165) is 4.88 Å². The van der Waals surface area contributed by atoms with Crippen LogP contribution < -0.4 is 5.73 Å². The molecule has 1 atom stereocenters. The topological polar surface area (TPSA) is 26.0 Å². The molecule has 0 aliphatic rings. The van der Waals surface area contributed by atoms with E-state index < -0.39 is 17.7 Å². The molecule has 0 aliphatic carbocycles. The lowest BCUT2D eigenvalue weighted by Crippen LogP contribution is -2.16. The van der Waals surface area contributed by atoms with Crippen LogP contribution in [0.3, 0.4) is 0 Å². The van der Waals surface area contributed by atoms with Crippen molar-refractivity contribution >= 4 is 22.9 Å². The minimum Gasteiger partial charge on any atom is -0.323 e. The standard InChI is InChI=1S/C12H10ClF2NS/c13-11-5-4-7(17-11)6-10(16)12-8(14)2-1-3-9(12)15/h1-5,10H,6,16H2. The first-order valence-corrected chi connectivity index (χ1v) is 6.21. The first-order valence-electron chi connectivity index (χ1n) is 5.01. The van der Waals surface area contributed by atoms with Gasteiger partial charge in [0.05, 0.1) is 4.34 Å². The summed E-state index contributed by atoms with van der Waals surface area (Å²) < 4.78 is 27.6. The van der Waals surface area contributed by atoms with Crippen LogP contribution in [0.5, 0.6) is 0 Å². The van der Waals surface area contributed by atoms with Gasteiger partial charge in [0.1, 0.15) is 11.6 Å². The first kappa shape index (κ1) is 12.5. The summed E-state index contributed by atoms with van der Waals surface area (Å²) in [7, 11) is 0. The van der Waals surface area contributed by atoms with Crippen molar-refractivity contribution in [2.75, 3.05) is 0 Å². The van der Waals surface area contributed by atoms with Crippen molar-refractivity contribution in [2.45, 2.75) is 12.5 Å². The Morgan fingerprint density at radius 3 is 2.35 bits per heavy atom. The van der Waals surface area contributed by atoms with Crippen molar-refractivity contribution in [3.63, 3.8) is 0 Å². The Hall–Kier alpha value is -0.970. The highest BCUT2D eigenvalue weighted by Crippen LogP contribution is 2.27. The highest BCUT2D eigenvalue weighted by molar-refractivity contribution is 7.16. The van der Waals surface area contributed by atoms with Gasteiger partial charge in [0, 0.05) is 22.9 Å². The van der Waals surface area contributed by atoms with Gasteiger partial charge in [0.2, 0.25) is 0 Å². The van der Waals surface area contributed by atoms with E-state index in [2.05, 4.69) is 0 Å². The molecule has 2 aromatic rings. The molecule has 0 saturated carbocycles. The molecule has 0 amide bonds. The number of hydrogen-bond acceptors (Lipinski definition) is 2. The van der Waals surface area contributed by atoms with Gasteiger partial charge in [-0.15, -0.1) is 11.3 Å². The highest BCUT2D eigenvalue weighted by atomic mass is 35.5. The van der Waals surface area contributed by atoms with Gasteiger partial charge in [-0.05, 0) is 24.3 Å². The smallest absolute Gasteiger partial charge is 0.130 e. The van der Waals surface area contributed by atoms with Crippen molar-refractivity contribution < 1.29 is 8.78 Å². The van der Waals surface area contributed by atoms with Crippen LogP contribution in [0.15, 0.2) is 30.3 Å². The fraction of sp³-hybridized carbons (Fsp3) is 0.167. The Morgan fingerprint density at radius 2 is 1.82 bits per heavy atom. The molecule has 0 spiro atoms. The summed E-state index contributed by atoms with van der Waals surface area (Å²) >= 11 is 7.14. The second-order valence-electron chi connectivity index (χ2n) is 3.65. The monoisotopic (exact) mass is 273 g/mol. The van der Waals surface area contributed by atoms with Gasteiger partial charge < -0.3 is 5.73 Å². The number of benzene rings is 1. The van der Waals surface area contributed by atoms with E-state index in [0.29, 0.717) is 10.8 Å². The largest absolute Gasteiger partial charge is 0.323 e. The highest BCUT2D eigenvalue weighted by Gasteiger charge is 2.17. The number of nitrogens with two attached hydrogens (primary N) is 1. The van der Waals surface area contributed by atoms with E-state index in [1.807, 2.05) is 6.07 Å². The quantitative estimate of drug-likeness (QED) is 0.901. The summed E-state index contributed by atoms with van der Waals surface area (Å²) in [6.07, 6.45) is 0.370. The molecule has 2 rings (SSSR count). The molecular formula is C12H10ClF2NS. The summed E-state index contributed by atoms with van der Waals surface area (Å²) in [6.45, 7) is 0. The molecule has 1 heterocycles. The molecule has 90 valence electrons. The van der Waals surface area contributed by atoms with Crippen molar-refractivity contribution in [1.82, 2.24) is 0 Å². The molecule has 0 saturated heterocycles. The Kier molecular flexibility index (Phi) is 3.76. The zero-order valence-corrected chi connectivity index (χ0v) is 10.4. The van der Waals surface area contributed by atoms with Gasteiger partial charge in [-0.2, -0.15) is 0 Å². The van der Waals surface area contributed by atoms with E-state index >= 15 is 0 Å². The molecule has 17 heavy (non-hydrogen) atoms. The summed E-state index contributed by atoms with van der Waals surface area (Å²) in [5, 5.41) is 0. The van der Waals surface area contributed by atoms with Gasteiger partial charge in [-0.25, -0.2) is 8.78 Å². The van der Waals surface area contributed by atoms with Gasteiger partial charge in [0.25, 0.3) is 0 Å². The maximum absolute atomic E-state index is 13.5. The van der Waals surface area contributed by atoms with Crippen molar-refractivity contribution in [1.29, 1.82) is 0 Å². The third-order valence-electron chi connectivity index (χ3n) is 2.42. The minimum absolute atomic E-state index is 0.0722. The van der Waals surface area contributed by atoms with Crippen LogP contribution in [0.2, 0.25) is 4.34 Å². The Balaban J connectivity index is 2.22. The van der Waals surface area contributed by atoms with Gasteiger partial charge in [-0.3, -0.25) is 0 Å². The van der Waals surface area contributed by atoms with E-state index in [1.54, 1.807) is 6.07 Å². The lowest BCUT2D eigenvalue weighted by molar-refractivity contribution is 0.525. The first-order chi connectivity index (χ1) is 8.08. The second kappa shape index (κ2) is 5.12. The zero-order chi connectivity index (χ0) is 12.4. The molecule has 0 aliphatic heterocycles. The molecule has 1 nitrogen and oxygen atoms in total. The molecule has 0 fully saturated rings. The van der Waals surface area contributed by atoms with Gasteiger partial charge in [-0.1, -0.05) is 17.7 Å². The normalized spacial score (nSPS) is 12.7. The SMILES string of the molecule is NC(Cc1ccc(Cl)s1)c1c(F)cccc1F. The molecule has 1 aromatic heterocycles. The lowest BCUT2D eigenvalue weighted by Gasteiger charge is -2.12. The van der Waals surface area contributed by atoms with Crippen molar-refractivity contribution in [3.8, 4) is 0 Å². The van der Waals surface area contributed by atoms with Crippen LogP contribution in [0.25, 0.3) is 0 Å². The maximum Gasteiger partial charge on any atom is 0.130 e. The molecule has 0 radical (unpaired) electrons. The second-order valence-corrected chi connectivity index (χ2v) is 5.45. The van der Waals surface area contributed by atoms with Crippen LogP contribution in [0, 0.1) is 11.6 Å². The summed E-state index contributed by atoms with van der Waals surface area (Å²) in [4.78, 5) is 0.908. The maximum atomic E-state index is 13.5. The summed E-state index contributed by atoms with van der Waals surface area (Å²) in [5.41, 5.74) is 5.75. The Labute approximate surface area is 107 Å². The predicted molar refractivity (Wildman–Crippen MR) is 66.3 cm³/mol. The summed E-state index contributed by atoms with van der Waals surface area (Å²) in [6, 6.07) is 6.59. The average Bonchev–Trinajstić information content (AvgIpc) is 2.63. The van der Waals surface area contributed by atoms with E-state index in [9.17, 15) is 8.78 Å². The molecular weight excluding hydrogens is 264 g/mol. The fourth-order valence-electron chi connectivity index (χ4n) is 1.65. The molecule has 5 heteroatoms. The molecule has 1 unspecified atom stereocenters. The van der Waals surface area contributed by atoms with Crippen molar-refractivity contribution in [3.05, 3.63) is 56.7 Å². The van der Waals surface area contributed by atoms with Gasteiger partial charge >= 0.3 is 0 Å². The summed E-state index contributed by atoms with van der Waals surface area (Å²) in [5.74, 6) is -1.22. The number of rotatable bonds is 3. The van der Waals surface area contributed by atoms with Gasteiger partial charge in [0.15, 0.2) is 0 Å². The van der Waals surface area contributed by atoms with Crippen LogP contribution in [0.4, 0.5) is 8.78 Å². The van der Waals surface area contributed by atoms with E-state index in [1.165, 1.54) is 29.5 Å². The third-order valence-corrected chi connectivity index (χ3v) is 3.67. The predicted octanol–water partition coefficient (Wildman–Crippen LogP) is 3.92. The fourth-order valence-corrected chi connectivity index (χ4v) is 2.79. The molecule has 0 bridgehead atoms. The lowest BCUT2D eigenvalue weighted by atomic mass is 10.0. The van der Waals surface area contributed by atoms with Crippen LogP contribution >= 0.6 is 22.9 Å². The molecule has 1 aromatic carbocycles. The van der Waals surface area contributed by atoms with Crippen LogP contribution in [-0.2, 0) is 6.42 Å². The van der Waals surface area contributed by atoms with E-state index in [4.69, 9.17) is 17.3 Å². The van der Waals surface area contributed by atoms with Crippen LogP contribution in [-0.4, -0.2) is 0 Å². The van der Waals surface area contributed by atoms with E-state index in [-0.39, 0.29) is 5.56 Å². The number of halogens is 3. The third kappa shape index (κ3) is 2.83. The average molecular weight is 274 g/mol. The van der Waals surface area contributed by atoms with Crippen molar-refractivity contribution in [2.24, 2.45) is 5.73 Å². The number of thiophene rings is 1. The Morgan fingerprint density at radius 1 is 1.18 bits per heavy atom. The minimum atomic E-state index is -0.703. The Bertz CT molecular complexity index is 507. The zero-order valence-electron chi connectivity index (χ0n) is 8.79.